The van der Waals surface area contributed by atoms with Gasteiger partial charge in [0.05, 0.1) is 25.4 Å². The number of nitrogens with one attached hydrogen (secondary N) is 1. The van der Waals surface area contributed by atoms with Crippen molar-refractivity contribution in [3.63, 3.8) is 0 Å². The Labute approximate surface area is 379 Å². The van der Waals surface area contributed by atoms with Crippen molar-refractivity contribution in [1.82, 2.24) is 5.32 Å². The summed E-state index contributed by atoms with van der Waals surface area (Å²) < 4.78 is 5.45. The van der Waals surface area contributed by atoms with Crippen LogP contribution >= 0.6 is 0 Å². The first-order chi connectivity index (χ1) is 30.0. The summed E-state index contributed by atoms with van der Waals surface area (Å²) >= 11 is 0. The number of amides is 1. The number of esters is 1. The minimum Gasteiger partial charge on any atom is -0.466 e. The van der Waals surface area contributed by atoms with E-state index in [-0.39, 0.29) is 18.5 Å². The van der Waals surface area contributed by atoms with Crippen molar-refractivity contribution in [2.45, 2.75) is 289 Å². The molecule has 2 atom stereocenters. The molecule has 3 N–H and O–H groups in total. The van der Waals surface area contributed by atoms with Crippen LogP contribution < -0.4 is 5.32 Å². The maximum Gasteiger partial charge on any atom is 0.305 e. The van der Waals surface area contributed by atoms with Crippen LogP contribution in [-0.2, 0) is 14.3 Å². The second-order valence-electron chi connectivity index (χ2n) is 18.2. The number of carbonyl (C=O) groups is 2. The molecule has 6 heteroatoms. The number of unbranched alkanes of at least 4 members (excludes halogenated alkanes) is 35. The zero-order valence-electron chi connectivity index (χ0n) is 40.6. The molecule has 0 radical (unpaired) electrons. The summed E-state index contributed by atoms with van der Waals surface area (Å²) in [4.78, 5) is 24.4. The summed E-state index contributed by atoms with van der Waals surface area (Å²) in [5.74, 6) is -0.111. The van der Waals surface area contributed by atoms with E-state index in [0.717, 1.165) is 77.0 Å². The summed E-state index contributed by atoms with van der Waals surface area (Å²) in [5, 5.41) is 23.0. The molecule has 0 spiro atoms. The molecule has 0 aliphatic heterocycles. The Morgan fingerprint density at radius 1 is 0.459 bits per heavy atom. The molecule has 0 aliphatic carbocycles. The number of rotatable bonds is 49. The third kappa shape index (κ3) is 47.4. The van der Waals surface area contributed by atoms with Crippen molar-refractivity contribution < 1.29 is 24.5 Å². The molecular formula is C55H103NO5. The van der Waals surface area contributed by atoms with Crippen LogP contribution in [0.2, 0.25) is 0 Å². The van der Waals surface area contributed by atoms with E-state index in [0.29, 0.717) is 19.4 Å². The van der Waals surface area contributed by atoms with Crippen LogP contribution in [0.25, 0.3) is 0 Å². The normalized spacial score (nSPS) is 12.9. The first-order valence-corrected chi connectivity index (χ1v) is 26.8. The Hall–Kier alpha value is -1.92. The van der Waals surface area contributed by atoms with E-state index >= 15 is 0 Å². The number of aliphatic hydroxyl groups excluding tert-OH is 2. The number of ether oxygens (including phenoxy) is 1. The molecule has 61 heavy (non-hydrogen) atoms. The van der Waals surface area contributed by atoms with Crippen LogP contribution in [0.4, 0.5) is 0 Å². The van der Waals surface area contributed by atoms with Gasteiger partial charge in [0.25, 0.3) is 0 Å². The molecule has 2 unspecified atom stereocenters. The summed E-state index contributed by atoms with van der Waals surface area (Å²) in [6, 6.07) is -0.643. The molecule has 0 aromatic carbocycles. The van der Waals surface area contributed by atoms with Gasteiger partial charge in [-0.25, -0.2) is 0 Å². The standard InChI is InChI=1S/C55H103NO5/c1-3-5-7-9-11-13-15-17-18-21-25-29-33-37-41-45-49-55(60)61-50-46-42-38-34-30-26-22-19-20-24-28-32-36-40-44-48-54(59)56-52(51-57)53(58)47-43-39-35-31-27-23-16-14-12-10-8-6-4-2/h19,22,26,30,43,47,52-53,57-58H,3-18,20-21,23-25,27-29,31-42,44-46,48-51H2,1-2H3,(H,56,59)/b22-19-,30-26-,47-43+. The number of allylic oxidation sites excluding steroid dienone is 5. The number of hydrogen-bond acceptors (Lipinski definition) is 5. The van der Waals surface area contributed by atoms with E-state index < -0.39 is 12.1 Å². The topological polar surface area (TPSA) is 95.9 Å². The molecule has 0 saturated heterocycles. The molecule has 1 amide bonds. The minimum absolute atomic E-state index is 0.0199. The van der Waals surface area contributed by atoms with E-state index in [1.54, 1.807) is 6.08 Å². The highest BCUT2D eigenvalue weighted by Crippen LogP contribution is 2.16. The van der Waals surface area contributed by atoms with E-state index in [1.165, 1.54) is 173 Å². The van der Waals surface area contributed by atoms with Gasteiger partial charge in [0.2, 0.25) is 5.91 Å². The van der Waals surface area contributed by atoms with Gasteiger partial charge >= 0.3 is 5.97 Å². The largest absolute Gasteiger partial charge is 0.466 e. The lowest BCUT2D eigenvalue weighted by Gasteiger charge is -2.20. The van der Waals surface area contributed by atoms with Gasteiger partial charge in [-0.1, -0.05) is 237 Å². The summed E-state index contributed by atoms with van der Waals surface area (Å²) in [7, 11) is 0. The maximum atomic E-state index is 12.4. The molecule has 0 aromatic rings. The fourth-order valence-corrected chi connectivity index (χ4v) is 8.04. The van der Waals surface area contributed by atoms with E-state index in [9.17, 15) is 19.8 Å². The molecule has 0 heterocycles. The van der Waals surface area contributed by atoms with E-state index in [1.807, 2.05) is 6.08 Å². The number of carbonyl (C=O) groups excluding carboxylic acids is 2. The fourth-order valence-electron chi connectivity index (χ4n) is 8.04. The lowest BCUT2D eigenvalue weighted by molar-refractivity contribution is -0.143. The first-order valence-electron chi connectivity index (χ1n) is 26.8. The third-order valence-corrected chi connectivity index (χ3v) is 12.2. The monoisotopic (exact) mass is 858 g/mol. The first kappa shape index (κ1) is 59.1. The molecule has 0 aliphatic rings. The molecule has 0 bridgehead atoms. The van der Waals surface area contributed by atoms with Crippen LogP contribution in [-0.4, -0.2) is 47.4 Å². The van der Waals surface area contributed by atoms with Gasteiger partial charge in [-0.15, -0.1) is 0 Å². The Morgan fingerprint density at radius 3 is 1.21 bits per heavy atom. The maximum absolute atomic E-state index is 12.4. The van der Waals surface area contributed by atoms with Crippen LogP contribution in [0, 0.1) is 0 Å². The molecule has 0 saturated carbocycles. The zero-order chi connectivity index (χ0) is 44.4. The van der Waals surface area contributed by atoms with Crippen LogP contribution in [0.3, 0.4) is 0 Å². The Kier molecular flexibility index (Phi) is 49.1. The highest BCUT2D eigenvalue weighted by Gasteiger charge is 2.18. The van der Waals surface area contributed by atoms with Gasteiger partial charge in [-0.2, -0.15) is 0 Å². The van der Waals surface area contributed by atoms with Crippen molar-refractivity contribution in [2.24, 2.45) is 0 Å². The van der Waals surface area contributed by atoms with Gasteiger partial charge < -0.3 is 20.3 Å². The van der Waals surface area contributed by atoms with Crippen molar-refractivity contribution in [3.05, 3.63) is 36.5 Å². The molecule has 0 aromatic heterocycles. The van der Waals surface area contributed by atoms with E-state index in [2.05, 4.69) is 43.5 Å². The quantitative estimate of drug-likeness (QED) is 0.0245. The summed E-state index contributed by atoms with van der Waals surface area (Å²) in [6.45, 7) is 4.84. The van der Waals surface area contributed by atoms with Gasteiger partial charge in [0, 0.05) is 12.8 Å². The highest BCUT2D eigenvalue weighted by molar-refractivity contribution is 5.76. The second kappa shape index (κ2) is 50.7. The molecule has 0 rings (SSSR count). The number of aliphatic hydroxyl groups is 2. The molecule has 358 valence electrons. The summed E-state index contributed by atoms with van der Waals surface area (Å²) in [6.07, 6.45) is 61.5. The average Bonchev–Trinajstić information content (AvgIpc) is 3.26. The van der Waals surface area contributed by atoms with Crippen molar-refractivity contribution in [1.29, 1.82) is 0 Å². The van der Waals surface area contributed by atoms with Gasteiger partial charge in [-0.3, -0.25) is 9.59 Å². The highest BCUT2D eigenvalue weighted by atomic mass is 16.5. The van der Waals surface area contributed by atoms with Crippen molar-refractivity contribution in [2.75, 3.05) is 13.2 Å². The van der Waals surface area contributed by atoms with Gasteiger partial charge in [0.15, 0.2) is 0 Å². The average molecular weight is 858 g/mol. The van der Waals surface area contributed by atoms with Gasteiger partial charge in [0.1, 0.15) is 0 Å². The van der Waals surface area contributed by atoms with Crippen LogP contribution in [0.15, 0.2) is 36.5 Å². The predicted molar refractivity (Wildman–Crippen MR) is 264 cm³/mol. The zero-order valence-corrected chi connectivity index (χ0v) is 40.6. The smallest absolute Gasteiger partial charge is 0.305 e. The predicted octanol–water partition coefficient (Wildman–Crippen LogP) is 16.1. The van der Waals surface area contributed by atoms with Crippen LogP contribution in [0.5, 0.6) is 0 Å². The van der Waals surface area contributed by atoms with E-state index in [4.69, 9.17) is 4.74 Å². The Bertz CT molecular complexity index is 993. The van der Waals surface area contributed by atoms with Crippen molar-refractivity contribution in [3.8, 4) is 0 Å². The SMILES string of the molecule is CCCCCCCCCCCCC/C=C/C(O)C(CO)NC(=O)CCCCCCCC/C=C\C=C/CCCCCOC(=O)CCCCCCCCCCCCCCCCCC. The van der Waals surface area contributed by atoms with Crippen LogP contribution in [0.1, 0.15) is 277 Å². The summed E-state index contributed by atoms with van der Waals surface area (Å²) in [5.41, 5.74) is 0. The van der Waals surface area contributed by atoms with Gasteiger partial charge in [-0.05, 0) is 64.2 Å². The molecule has 6 nitrogen and oxygen atoms in total. The Balaban J connectivity index is 3.53. The Morgan fingerprint density at radius 2 is 0.803 bits per heavy atom. The lowest BCUT2D eigenvalue weighted by atomic mass is 10.0. The number of hydrogen-bond donors (Lipinski definition) is 3. The lowest BCUT2D eigenvalue weighted by Crippen LogP contribution is -2.45. The van der Waals surface area contributed by atoms with Crippen molar-refractivity contribution >= 4 is 11.9 Å². The molecular weight excluding hydrogens is 755 g/mol. The molecule has 0 fully saturated rings. The second-order valence-corrected chi connectivity index (χ2v) is 18.2. The fraction of sp³-hybridized carbons (Fsp3) is 0.855. The minimum atomic E-state index is -0.858. The third-order valence-electron chi connectivity index (χ3n) is 12.2.